The normalized spacial score (nSPS) is 11.7. The third-order valence-corrected chi connectivity index (χ3v) is 3.84. The van der Waals surface area contributed by atoms with Crippen molar-refractivity contribution in [1.82, 2.24) is 10.2 Å². The quantitative estimate of drug-likeness (QED) is 0.779. The highest BCUT2D eigenvalue weighted by molar-refractivity contribution is 5.31. The molecule has 0 aliphatic rings. The summed E-state index contributed by atoms with van der Waals surface area (Å²) < 4.78 is 19.6. The molecule has 0 fully saturated rings. The summed E-state index contributed by atoms with van der Waals surface area (Å²) in [5.41, 5.74) is 4.64. The van der Waals surface area contributed by atoms with Crippen molar-refractivity contribution in [2.24, 2.45) is 5.41 Å². The minimum Gasteiger partial charge on any atom is -0.490 e. The fraction of sp³-hybridized carbons (Fsp3) is 0.526. The summed E-state index contributed by atoms with van der Waals surface area (Å²) in [6, 6.07) is 5.17. The lowest BCUT2D eigenvalue weighted by atomic mass is 9.88. The van der Waals surface area contributed by atoms with E-state index in [0.717, 1.165) is 36.2 Å². The second-order valence-corrected chi connectivity index (χ2v) is 7.37. The summed E-state index contributed by atoms with van der Waals surface area (Å²) in [6.45, 7) is 11.0. The second-order valence-electron chi connectivity index (χ2n) is 7.37. The minimum atomic E-state index is -0.293. The highest BCUT2D eigenvalue weighted by Crippen LogP contribution is 2.25. The molecule has 0 aliphatic carbocycles. The first-order valence-electron chi connectivity index (χ1n) is 8.18. The highest BCUT2D eigenvalue weighted by atomic mass is 19.1. The van der Waals surface area contributed by atoms with Crippen molar-refractivity contribution in [3.05, 3.63) is 46.5 Å². The molecule has 1 aromatic carbocycles. The molecule has 0 spiro atoms. The SMILES string of the molecule is Cc1n[nH]c(C)c1CCCOc1cc(CC(C)(C)C)ccc1F. The van der Waals surface area contributed by atoms with Crippen LogP contribution in [0.2, 0.25) is 0 Å². The number of aromatic nitrogens is 2. The molecule has 4 heteroatoms. The molecule has 3 nitrogen and oxygen atoms in total. The van der Waals surface area contributed by atoms with Crippen molar-refractivity contribution in [1.29, 1.82) is 0 Å². The van der Waals surface area contributed by atoms with Gasteiger partial charge in [0.15, 0.2) is 11.6 Å². The third kappa shape index (κ3) is 5.08. The maximum absolute atomic E-state index is 13.9. The Labute approximate surface area is 138 Å². The number of aryl methyl sites for hydroxylation is 2. The standard InChI is InChI=1S/C19H27FN2O/c1-13-16(14(2)22-21-13)7-6-10-23-18-11-15(8-9-17(18)20)12-19(3,4)5/h8-9,11H,6-7,10,12H2,1-5H3,(H,21,22). The van der Waals surface area contributed by atoms with Gasteiger partial charge in [-0.25, -0.2) is 4.39 Å². The molecule has 23 heavy (non-hydrogen) atoms. The molecule has 0 aliphatic heterocycles. The maximum Gasteiger partial charge on any atom is 0.165 e. The Balaban J connectivity index is 1.91. The fourth-order valence-corrected chi connectivity index (χ4v) is 2.75. The van der Waals surface area contributed by atoms with Crippen molar-refractivity contribution in [2.45, 2.75) is 53.9 Å². The van der Waals surface area contributed by atoms with Crippen LogP contribution < -0.4 is 4.74 Å². The van der Waals surface area contributed by atoms with E-state index in [2.05, 4.69) is 31.0 Å². The van der Waals surface area contributed by atoms with Crippen LogP contribution in [0, 0.1) is 25.1 Å². The lowest BCUT2D eigenvalue weighted by Crippen LogP contribution is -2.09. The van der Waals surface area contributed by atoms with Crippen LogP contribution in [-0.4, -0.2) is 16.8 Å². The van der Waals surface area contributed by atoms with Crippen LogP contribution in [-0.2, 0) is 12.8 Å². The van der Waals surface area contributed by atoms with E-state index < -0.39 is 0 Å². The van der Waals surface area contributed by atoms with Gasteiger partial charge in [0.1, 0.15) is 0 Å². The summed E-state index contributed by atoms with van der Waals surface area (Å²) >= 11 is 0. The number of ether oxygens (including phenoxy) is 1. The van der Waals surface area contributed by atoms with E-state index in [1.807, 2.05) is 26.0 Å². The van der Waals surface area contributed by atoms with Crippen LogP contribution in [0.25, 0.3) is 0 Å². The second kappa shape index (κ2) is 7.16. The molecule has 0 bridgehead atoms. The number of benzene rings is 1. The van der Waals surface area contributed by atoms with Gasteiger partial charge < -0.3 is 4.74 Å². The van der Waals surface area contributed by atoms with E-state index in [1.54, 1.807) is 0 Å². The van der Waals surface area contributed by atoms with Crippen molar-refractivity contribution in [2.75, 3.05) is 6.61 Å². The predicted molar refractivity (Wildman–Crippen MR) is 91.4 cm³/mol. The fourth-order valence-electron chi connectivity index (χ4n) is 2.75. The molecule has 0 unspecified atom stereocenters. The number of nitrogens with one attached hydrogen (secondary N) is 1. The van der Waals surface area contributed by atoms with Gasteiger partial charge in [0.2, 0.25) is 0 Å². The lowest BCUT2D eigenvalue weighted by molar-refractivity contribution is 0.294. The number of aromatic amines is 1. The number of hydrogen-bond donors (Lipinski definition) is 1. The molecule has 126 valence electrons. The Bertz CT molecular complexity index is 636. The first-order valence-corrected chi connectivity index (χ1v) is 8.18. The van der Waals surface area contributed by atoms with E-state index in [0.29, 0.717) is 12.4 Å². The Morgan fingerprint density at radius 2 is 1.96 bits per heavy atom. The van der Waals surface area contributed by atoms with Crippen molar-refractivity contribution >= 4 is 0 Å². The zero-order chi connectivity index (χ0) is 17.0. The zero-order valence-corrected chi connectivity index (χ0v) is 14.8. The first-order chi connectivity index (χ1) is 10.8. The average molecular weight is 318 g/mol. The molecule has 0 radical (unpaired) electrons. The van der Waals surface area contributed by atoms with Crippen molar-refractivity contribution < 1.29 is 9.13 Å². The van der Waals surface area contributed by atoms with Gasteiger partial charge in [-0.15, -0.1) is 0 Å². The molecular formula is C19H27FN2O. The number of nitrogens with zero attached hydrogens (tertiary/aromatic N) is 1. The van der Waals surface area contributed by atoms with Gasteiger partial charge in [0, 0.05) is 5.69 Å². The summed E-state index contributed by atoms with van der Waals surface area (Å²) in [7, 11) is 0. The van der Waals surface area contributed by atoms with E-state index in [9.17, 15) is 4.39 Å². The summed E-state index contributed by atoms with van der Waals surface area (Å²) in [6.07, 6.45) is 2.62. The smallest absolute Gasteiger partial charge is 0.165 e. The number of rotatable bonds is 6. The van der Waals surface area contributed by atoms with E-state index in [-0.39, 0.29) is 11.2 Å². The van der Waals surface area contributed by atoms with Gasteiger partial charge in [0.05, 0.1) is 12.3 Å². The molecule has 2 rings (SSSR count). The van der Waals surface area contributed by atoms with Crippen LogP contribution in [0.4, 0.5) is 4.39 Å². The molecule has 1 heterocycles. The van der Waals surface area contributed by atoms with E-state index >= 15 is 0 Å². The molecule has 1 N–H and O–H groups in total. The van der Waals surface area contributed by atoms with Crippen LogP contribution >= 0.6 is 0 Å². The highest BCUT2D eigenvalue weighted by Gasteiger charge is 2.13. The molecular weight excluding hydrogens is 291 g/mol. The Kier molecular flexibility index (Phi) is 5.45. The average Bonchev–Trinajstić information content (AvgIpc) is 2.76. The van der Waals surface area contributed by atoms with Crippen LogP contribution in [0.1, 0.15) is 49.7 Å². The number of hydrogen-bond acceptors (Lipinski definition) is 2. The molecule has 0 atom stereocenters. The van der Waals surface area contributed by atoms with Crippen LogP contribution in [0.3, 0.4) is 0 Å². The van der Waals surface area contributed by atoms with Crippen LogP contribution in [0.15, 0.2) is 18.2 Å². The Morgan fingerprint density at radius 1 is 1.22 bits per heavy atom. The van der Waals surface area contributed by atoms with E-state index in [1.165, 1.54) is 11.6 Å². The lowest BCUT2D eigenvalue weighted by Gasteiger charge is -2.18. The summed E-state index contributed by atoms with van der Waals surface area (Å²) in [4.78, 5) is 0. The molecule has 0 saturated heterocycles. The van der Waals surface area contributed by atoms with Crippen molar-refractivity contribution in [3.8, 4) is 5.75 Å². The van der Waals surface area contributed by atoms with Gasteiger partial charge in [-0.05, 0) is 61.8 Å². The van der Waals surface area contributed by atoms with Gasteiger partial charge in [-0.2, -0.15) is 5.10 Å². The molecule has 0 amide bonds. The van der Waals surface area contributed by atoms with E-state index in [4.69, 9.17) is 4.74 Å². The van der Waals surface area contributed by atoms with Gasteiger partial charge in [-0.3, -0.25) is 5.10 Å². The molecule has 0 saturated carbocycles. The van der Waals surface area contributed by atoms with Gasteiger partial charge in [-0.1, -0.05) is 26.8 Å². The zero-order valence-electron chi connectivity index (χ0n) is 14.8. The number of H-pyrrole nitrogens is 1. The predicted octanol–water partition coefficient (Wildman–Crippen LogP) is 4.77. The summed E-state index contributed by atoms with van der Waals surface area (Å²) in [5, 5.41) is 7.17. The molecule has 1 aromatic heterocycles. The minimum absolute atomic E-state index is 0.172. The van der Waals surface area contributed by atoms with Crippen molar-refractivity contribution in [3.63, 3.8) is 0 Å². The first kappa shape index (κ1) is 17.5. The monoisotopic (exact) mass is 318 g/mol. The maximum atomic E-state index is 13.9. The van der Waals surface area contributed by atoms with Gasteiger partial charge >= 0.3 is 0 Å². The Hall–Kier alpha value is -1.84. The topological polar surface area (TPSA) is 37.9 Å². The number of halogens is 1. The van der Waals surface area contributed by atoms with Crippen LogP contribution in [0.5, 0.6) is 5.75 Å². The Morgan fingerprint density at radius 3 is 2.57 bits per heavy atom. The third-order valence-electron chi connectivity index (χ3n) is 3.84. The van der Waals surface area contributed by atoms with Gasteiger partial charge in [0.25, 0.3) is 0 Å². The molecule has 2 aromatic rings. The largest absolute Gasteiger partial charge is 0.490 e. The summed E-state index contributed by atoms with van der Waals surface area (Å²) in [5.74, 6) is 0.0609.